The molecule has 6 nitrogen and oxygen atoms in total. The lowest BCUT2D eigenvalue weighted by Crippen LogP contribution is -2.23. The minimum atomic E-state index is -0.224. The van der Waals surface area contributed by atoms with E-state index in [1.165, 1.54) is 11.3 Å². The van der Waals surface area contributed by atoms with Gasteiger partial charge in [0, 0.05) is 24.2 Å². The van der Waals surface area contributed by atoms with Gasteiger partial charge >= 0.3 is 0 Å². The predicted octanol–water partition coefficient (Wildman–Crippen LogP) is 4.07. The van der Waals surface area contributed by atoms with Gasteiger partial charge in [-0.25, -0.2) is 4.98 Å². The Labute approximate surface area is 160 Å². The third-order valence-corrected chi connectivity index (χ3v) is 5.34. The maximum atomic E-state index is 12.5. The third kappa shape index (κ3) is 3.64. The maximum Gasteiger partial charge on any atom is 0.257 e. The molecule has 0 saturated carbocycles. The molecule has 7 heteroatoms. The summed E-state index contributed by atoms with van der Waals surface area (Å²) in [5.41, 5.74) is 2.18. The van der Waals surface area contributed by atoms with Crippen LogP contribution in [0.15, 0.2) is 42.5 Å². The largest absolute Gasteiger partial charge is 0.494 e. The van der Waals surface area contributed by atoms with Gasteiger partial charge in [0.05, 0.1) is 16.8 Å². The van der Waals surface area contributed by atoms with Crippen molar-refractivity contribution < 1.29 is 14.3 Å². The van der Waals surface area contributed by atoms with Crippen LogP contribution < -0.4 is 15.0 Å². The summed E-state index contributed by atoms with van der Waals surface area (Å²) in [5.74, 6) is 0.699. The van der Waals surface area contributed by atoms with E-state index in [4.69, 9.17) is 4.74 Å². The second kappa shape index (κ2) is 7.36. The number of aromatic nitrogens is 1. The Hall–Kier alpha value is -2.93. The first kappa shape index (κ1) is 17.5. The van der Waals surface area contributed by atoms with Gasteiger partial charge in [0.1, 0.15) is 5.75 Å². The molecule has 3 aromatic rings. The first-order chi connectivity index (χ1) is 13.1. The van der Waals surface area contributed by atoms with Crippen molar-refractivity contribution in [3.8, 4) is 5.75 Å². The standard InChI is InChI=1S/C20H19N3O3S/c1-2-26-15-9-10-16-17(12-15)27-20(21-16)22-19(25)13-5-7-14(8-6-13)23-11-3-4-18(23)24/h5-10,12H,2-4,11H2,1H3,(H,21,22,25). The molecule has 0 unspecified atom stereocenters. The van der Waals surface area contributed by atoms with E-state index in [0.717, 1.165) is 34.6 Å². The van der Waals surface area contributed by atoms with E-state index in [2.05, 4.69) is 10.3 Å². The Morgan fingerprint density at radius 2 is 2.07 bits per heavy atom. The minimum absolute atomic E-state index is 0.132. The Bertz CT molecular complexity index is 997. The number of amides is 2. The second-order valence-electron chi connectivity index (χ2n) is 6.23. The molecule has 1 aliphatic rings. The molecule has 0 spiro atoms. The lowest BCUT2D eigenvalue weighted by atomic mass is 10.2. The highest BCUT2D eigenvalue weighted by atomic mass is 32.1. The van der Waals surface area contributed by atoms with Crippen LogP contribution in [-0.2, 0) is 4.79 Å². The van der Waals surface area contributed by atoms with Gasteiger partial charge in [-0.2, -0.15) is 0 Å². The molecular weight excluding hydrogens is 362 g/mol. The van der Waals surface area contributed by atoms with Crippen LogP contribution in [0.3, 0.4) is 0 Å². The summed E-state index contributed by atoms with van der Waals surface area (Å²) < 4.78 is 6.46. The smallest absolute Gasteiger partial charge is 0.257 e. The molecule has 2 heterocycles. The molecule has 0 atom stereocenters. The average molecular weight is 381 g/mol. The molecule has 0 bridgehead atoms. The Balaban J connectivity index is 1.48. The molecule has 1 aromatic heterocycles. The normalized spacial score (nSPS) is 14.0. The van der Waals surface area contributed by atoms with Crippen molar-refractivity contribution in [1.29, 1.82) is 0 Å². The van der Waals surface area contributed by atoms with E-state index in [9.17, 15) is 9.59 Å². The van der Waals surface area contributed by atoms with Gasteiger partial charge in [0.15, 0.2) is 5.13 Å². The summed E-state index contributed by atoms with van der Waals surface area (Å²) >= 11 is 1.41. The van der Waals surface area contributed by atoms with E-state index < -0.39 is 0 Å². The molecule has 138 valence electrons. The lowest BCUT2D eigenvalue weighted by Gasteiger charge is -2.15. The average Bonchev–Trinajstić information content (AvgIpc) is 3.27. The number of carbonyl (C=O) groups is 2. The van der Waals surface area contributed by atoms with Crippen LogP contribution in [0.4, 0.5) is 10.8 Å². The third-order valence-electron chi connectivity index (χ3n) is 4.41. The highest BCUT2D eigenvalue weighted by Crippen LogP contribution is 2.29. The van der Waals surface area contributed by atoms with Crippen molar-refractivity contribution >= 4 is 44.2 Å². The number of thiazole rings is 1. The van der Waals surface area contributed by atoms with Gasteiger partial charge < -0.3 is 9.64 Å². The zero-order valence-corrected chi connectivity index (χ0v) is 15.7. The lowest BCUT2D eigenvalue weighted by molar-refractivity contribution is -0.117. The number of rotatable bonds is 5. The highest BCUT2D eigenvalue weighted by molar-refractivity contribution is 7.22. The van der Waals surface area contributed by atoms with Crippen LogP contribution in [0.25, 0.3) is 10.2 Å². The van der Waals surface area contributed by atoms with E-state index >= 15 is 0 Å². The molecule has 2 amide bonds. The summed E-state index contributed by atoms with van der Waals surface area (Å²) in [6.07, 6.45) is 1.47. The van der Waals surface area contributed by atoms with Crippen molar-refractivity contribution in [1.82, 2.24) is 4.98 Å². The summed E-state index contributed by atoms with van der Waals surface area (Å²) in [4.78, 5) is 30.5. The fourth-order valence-electron chi connectivity index (χ4n) is 3.10. The van der Waals surface area contributed by atoms with Crippen LogP contribution in [0.5, 0.6) is 5.75 Å². The second-order valence-corrected chi connectivity index (χ2v) is 7.26. The van der Waals surface area contributed by atoms with Gasteiger partial charge in [0.2, 0.25) is 5.91 Å². The highest BCUT2D eigenvalue weighted by Gasteiger charge is 2.21. The zero-order chi connectivity index (χ0) is 18.8. The number of anilines is 2. The summed E-state index contributed by atoms with van der Waals surface area (Å²) in [7, 11) is 0. The van der Waals surface area contributed by atoms with Crippen LogP contribution in [0.2, 0.25) is 0 Å². The molecule has 1 saturated heterocycles. The number of fused-ring (bicyclic) bond motifs is 1. The van der Waals surface area contributed by atoms with Crippen molar-refractivity contribution in [2.24, 2.45) is 0 Å². The molecule has 0 aliphatic carbocycles. The fourth-order valence-corrected chi connectivity index (χ4v) is 3.99. The topological polar surface area (TPSA) is 71.5 Å². The number of nitrogens with one attached hydrogen (secondary N) is 1. The molecule has 1 N–H and O–H groups in total. The monoisotopic (exact) mass is 381 g/mol. The zero-order valence-electron chi connectivity index (χ0n) is 14.9. The van der Waals surface area contributed by atoms with Crippen molar-refractivity contribution in [3.05, 3.63) is 48.0 Å². The fraction of sp³-hybridized carbons (Fsp3) is 0.250. The molecule has 4 rings (SSSR count). The van der Waals surface area contributed by atoms with Gasteiger partial charge in [0.25, 0.3) is 5.91 Å². The first-order valence-corrected chi connectivity index (χ1v) is 9.71. The van der Waals surface area contributed by atoms with Gasteiger partial charge in [-0.05, 0) is 55.8 Å². The molecule has 1 aliphatic heterocycles. The summed E-state index contributed by atoms with van der Waals surface area (Å²) in [6.45, 7) is 3.28. The number of hydrogen-bond acceptors (Lipinski definition) is 5. The minimum Gasteiger partial charge on any atom is -0.494 e. The molecule has 2 aromatic carbocycles. The number of benzene rings is 2. The molecule has 0 radical (unpaired) electrons. The SMILES string of the molecule is CCOc1ccc2nc(NC(=O)c3ccc(N4CCCC4=O)cc3)sc2c1. The number of nitrogens with zero attached hydrogens (tertiary/aromatic N) is 2. The van der Waals surface area contributed by atoms with Crippen LogP contribution in [-0.4, -0.2) is 29.9 Å². The van der Waals surface area contributed by atoms with E-state index in [1.54, 1.807) is 17.0 Å². The summed E-state index contributed by atoms with van der Waals surface area (Å²) in [6, 6.07) is 12.8. The van der Waals surface area contributed by atoms with Gasteiger partial charge in [-0.3, -0.25) is 14.9 Å². The quantitative estimate of drug-likeness (QED) is 0.723. The predicted molar refractivity (Wildman–Crippen MR) is 107 cm³/mol. The van der Waals surface area contributed by atoms with Gasteiger partial charge in [-0.15, -0.1) is 0 Å². The molecular formula is C20H19N3O3S. The number of hydrogen-bond donors (Lipinski definition) is 1. The van der Waals surface area contributed by atoms with Crippen LogP contribution in [0.1, 0.15) is 30.1 Å². The van der Waals surface area contributed by atoms with E-state index in [1.807, 2.05) is 37.3 Å². The van der Waals surface area contributed by atoms with Crippen LogP contribution in [0, 0.1) is 0 Å². The summed E-state index contributed by atoms with van der Waals surface area (Å²) in [5, 5.41) is 3.39. The Morgan fingerprint density at radius 1 is 1.26 bits per heavy atom. The van der Waals surface area contributed by atoms with E-state index in [-0.39, 0.29) is 11.8 Å². The van der Waals surface area contributed by atoms with Crippen molar-refractivity contribution in [2.75, 3.05) is 23.4 Å². The maximum absolute atomic E-state index is 12.5. The first-order valence-electron chi connectivity index (χ1n) is 8.89. The van der Waals surface area contributed by atoms with Gasteiger partial charge in [-0.1, -0.05) is 11.3 Å². The van der Waals surface area contributed by atoms with Crippen molar-refractivity contribution in [3.63, 3.8) is 0 Å². The molecule has 1 fully saturated rings. The Kier molecular flexibility index (Phi) is 4.77. The number of carbonyl (C=O) groups excluding carboxylic acids is 2. The van der Waals surface area contributed by atoms with E-state index in [0.29, 0.717) is 23.7 Å². The van der Waals surface area contributed by atoms with Crippen LogP contribution >= 0.6 is 11.3 Å². The molecule has 27 heavy (non-hydrogen) atoms. The Morgan fingerprint density at radius 3 is 2.78 bits per heavy atom. The number of ether oxygens (including phenoxy) is 1. The van der Waals surface area contributed by atoms with Crippen molar-refractivity contribution in [2.45, 2.75) is 19.8 Å².